The van der Waals surface area contributed by atoms with Gasteiger partial charge in [-0.3, -0.25) is 9.78 Å². The highest BCUT2D eigenvalue weighted by molar-refractivity contribution is 7.71. The van der Waals surface area contributed by atoms with Crippen LogP contribution in [0.2, 0.25) is 0 Å². The van der Waals surface area contributed by atoms with E-state index < -0.39 is 6.29 Å². The van der Waals surface area contributed by atoms with Crippen LogP contribution in [0.15, 0.2) is 24.5 Å². The Hall–Kier alpha value is -1.90. The summed E-state index contributed by atoms with van der Waals surface area (Å²) in [6.45, 7) is 0.391. The molecule has 2 aromatic heterocycles. The second-order valence-electron chi connectivity index (χ2n) is 5.43. The Morgan fingerprint density at radius 3 is 3.09 bits per heavy atom. The van der Waals surface area contributed by atoms with Crippen molar-refractivity contribution in [3.63, 3.8) is 0 Å². The molecule has 0 N–H and O–H groups in total. The van der Waals surface area contributed by atoms with E-state index in [1.807, 2.05) is 23.7 Å². The molecule has 0 aromatic carbocycles. The molecule has 0 aliphatic carbocycles. The highest BCUT2D eigenvalue weighted by atomic mass is 32.1. The van der Waals surface area contributed by atoms with Gasteiger partial charge in [0.25, 0.3) is 0 Å². The third-order valence-corrected chi connectivity index (χ3v) is 4.51. The van der Waals surface area contributed by atoms with Crippen molar-refractivity contribution in [1.29, 1.82) is 0 Å². The van der Waals surface area contributed by atoms with Crippen molar-refractivity contribution in [2.75, 3.05) is 6.61 Å². The smallest absolute Gasteiger partial charge is 0.218 e. The summed E-state index contributed by atoms with van der Waals surface area (Å²) in [6, 6.07) is 3.54. The van der Waals surface area contributed by atoms with E-state index in [9.17, 15) is 4.79 Å². The molecule has 0 unspecified atom stereocenters. The first-order valence-corrected chi connectivity index (χ1v) is 7.41. The fourth-order valence-electron chi connectivity index (χ4n) is 2.89. The van der Waals surface area contributed by atoms with Gasteiger partial charge in [0.2, 0.25) is 6.29 Å². The summed E-state index contributed by atoms with van der Waals surface area (Å²) >= 11 is 5.48. The molecule has 8 heteroatoms. The van der Waals surface area contributed by atoms with Gasteiger partial charge in [0.1, 0.15) is 6.10 Å². The lowest BCUT2D eigenvalue weighted by atomic mass is 10.0. The van der Waals surface area contributed by atoms with Gasteiger partial charge in [0, 0.05) is 31.4 Å². The summed E-state index contributed by atoms with van der Waals surface area (Å²) in [4.78, 5) is 16.1. The van der Waals surface area contributed by atoms with Gasteiger partial charge < -0.3 is 14.0 Å². The zero-order valence-electron chi connectivity index (χ0n) is 11.9. The highest BCUT2D eigenvalue weighted by Gasteiger charge is 2.45. The first kappa shape index (κ1) is 13.7. The number of fused-ring (bicyclic) bond motifs is 2. The Balaban J connectivity index is 1.77. The Bertz CT molecular complexity index is 785. The van der Waals surface area contributed by atoms with Crippen molar-refractivity contribution >= 4 is 18.0 Å². The van der Waals surface area contributed by atoms with Gasteiger partial charge in [-0.25, -0.2) is 4.68 Å². The molecule has 0 spiro atoms. The van der Waals surface area contributed by atoms with E-state index in [4.69, 9.17) is 21.7 Å². The lowest BCUT2D eigenvalue weighted by Gasteiger charge is -2.26. The topological polar surface area (TPSA) is 71.2 Å². The van der Waals surface area contributed by atoms with Crippen molar-refractivity contribution in [1.82, 2.24) is 19.3 Å². The van der Waals surface area contributed by atoms with Gasteiger partial charge in [-0.1, -0.05) is 0 Å². The number of ketones is 1. The fourth-order valence-corrected chi connectivity index (χ4v) is 3.15. The molecule has 2 fully saturated rings. The van der Waals surface area contributed by atoms with Crippen LogP contribution in [0.4, 0.5) is 0 Å². The molecule has 0 radical (unpaired) electrons. The summed E-state index contributed by atoms with van der Waals surface area (Å²) in [7, 11) is 1.85. The quantitative estimate of drug-likeness (QED) is 0.777. The number of Topliss-reactive ketones (excluding diaryl/α,β-unsaturated/α-hetero) is 1. The predicted molar refractivity (Wildman–Crippen MR) is 78.5 cm³/mol. The van der Waals surface area contributed by atoms with E-state index in [2.05, 4.69) is 10.1 Å². The number of nitrogens with zero attached hydrogens (tertiary/aromatic N) is 4. The average molecular weight is 318 g/mol. The fraction of sp³-hybridized carbons (Fsp3) is 0.429. The van der Waals surface area contributed by atoms with E-state index in [-0.39, 0.29) is 17.9 Å². The molecule has 3 atom stereocenters. The van der Waals surface area contributed by atoms with Crippen molar-refractivity contribution in [3.05, 3.63) is 29.3 Å². The summed E-state index contributed by atoms with van der Waals surface area (Å²) in [6.07, 6.45) is 2.87. The molecule has 2 aliphatic heterocycles. The van der Waals surface area contributed by atoms with E-state index in [1.54, 1.807) is 17.1 Å². The number of carbonyl (C=O) groups is 1. The van der Waals surface area contributed by atoms with Crippen LogP contribution >= 0.6 is 12.2 Å². The van der Waals surface area contributed by atoms with Crippen LogP contribution in [0, 0.1) is 4.77 Å². The standard InChI is InChI=1S/C14H14N4O3S/c1-17-12(8-3-2-4-15-6-8)16-18(14(17)22)9-5-10(19)13-20-7-11(9)21-13/h2-4,6,9,11,13H,5,7H2,1H3/t9-,11+,13-/m0/s1. The van der Waals surface area contributed by atoms with Gasteiger partial charge in [-0.05, 0) is 24.4 Å². The first-order valence-electron chi connectivity index (χ1n) is 7.01. The van der Waals surface area contributed by atoms with E-state index in [0.717, 1.165) is 5.56 Å². The van der Waals surface area contributed by atoms with Crippen LogP contribution in [-0.2, 0) is 21.3 Å². The SMILES string of the molecule is Cn1c(-c2cccnc2)nn([C@H]2CC(=O)[C@H]3OC[C@H]2O3)c1=S. The molecule has 2 saturated heterocycles. The van der Waals surface area contributed by atoms with Crippen molar-refractivity contribution < 1.29 is 14.3 Å². The number of carbonyl (C=O) groups excluding carboxylic acids is 1. The zero-order valence-corrected chi connectivity index (χ0v) is 12.7. The summed E-state index contributed by atoms with van der Waals surface area (Å²) in [5.74, 6) is 0.654. The maximum absolute atomic E-state index is 12.0. The molecule has 22 heavy (non-hydrogen) atoms. The molecule has 2 bridgehead atoms. The Morgan fingerprint density at radius 1 is 1.45 bits per heavy atom. The second kappa shape index (κ2) is 5.08. The maximum Gasteiger partial charge on any atom is 0.218 e. The van der Waals surface area contributed by atoms with Crippen molar-refractivity contribution in [3.8, 4) is 11.4 Å². The minimum absolute atomic E-state index is 0.0609. The number of hydrogen-bond donors (Lipinski definition) is 0. The average Bonchev–Trinajstić information content (AvgIpc) is 3.09. The molecule has 4 rings (SSSR count). The lowest BCUT2D eigenvalue weighted by Crippen LogP contribution is -2.37. The van der Waals surface area contributed by atoms with E-state index in [0.29, 0.717) is 23.6 Å². The molecule has 4 heterocycles. The van der Waals surface area contributed by atoms with Gasteiger partial charge in [0.05, 0.1) is 12.6 Å². The molecule has 2 aliphatic rings. The van der Waals surface area contributed by atoms with Crippen LogP contribution in [0.5, 0.6) is 0 Å². The second-order valence-corrected chi connectivity index (χ2v) is 5.79. The third kappa shape index (κ3) is 2.03. The Morgan fingerprint density at radius 2 is 2.32 bits per heavy atom. The van der Waals surface area contributed by atoms with E-state index >= 15 is 0 Å². The summed E-state index contributed by atoms with van der Waals surface area (Å²) in [5, 5.41) is 4.60. The molecule has 7 nitrogen and oxygen atoms in total. The molecule has 0 amide bonds. The molecule has 114 valence electrons. The minimum Gasteiger partial charge on any atom is -0.343 e. The normalized spacial score (nSPS) is 27.3. The van der Waals surface area contributed by atoms with Crippen LogP contribution in [0.1, 0.15) is 12.5 Å². The van der Waals surface area contributed by atoms with Crippen molar-refractivity contribution in [2.45, 2.75) is 24.9 Å². The van der Waals surface area contributed by atoms with Crippen LogP contribution in [0.25, 0.3) is 11.4 Å². The van der Waals surface area contributed by atoms with Gasteiger partial charge in [0.15, 0.2) is 16.4 Å². The predicted octanol–water partition coefficient (Wildman–Crippen LogP) is 1.27. The monoisotopic (exact) mass is 318 g/mol. The third-order valence-electron chi connectivity index (χ3n) is 4.05. The van der Waals surface area contributed by atoms with E-state index in [1.165, 1.54) is 0 Å². The number of rotatable bonds is 2. The van der Waals surface area contributed by atoms with Gasteiger partial charge in [-0.15, -0.1) is 0 Å². The van der Waals surface area contributed by atoms with Gasteiger partial charge >= 0.3 is 0 Å². The molecule has 2 aromatic rings. The van der Waals surface area contributed by atoms with Gasteiger partial charge in [-0.2, -0.15) is 5.10 Å². The number of hydrogen-bond acceptors (Lipinski definition) is 6. The lowest BCUT2D eigenvalue weighted by molar-refractivity contribution is -0.156. The summed E-state index contributed by atoms with van der Waals surface area (Å²) in [5.41, 5.74) is 0.874. The minimum atomic E-state index is -0.711. The van der Waals surface area contributed by atoms with Crippen LogP contribution in [0.3, 0.4) is 0 Å². The summed E-state index contributed by atoms with van der Waals surface area (Å²) < 4.78 is 15.0. The van der Waals surface area contributed by atoms with Crippen LogP contribution in [-0.4, -0.2) is 44.1 Å². The number of ether oxygens (including phenoxy) is 2. The largest absolute Gasteiger partial charge is 0.343 e. The van der Waals surface area contributed by atoms with Crippen molar-refractivity contribution in [2.24, 2.45) is 7.05 Å². The zero-order chi connectivity index (χ0) is 15.3. The molecular formula is C14H14N4O3S. The number of pyridine rings is 1. The Kier molecular flexibility index (Phi) is 3.17. The maximum atomic E-state index is 12.0. The Labute approximate surface area is 131 Å². The molecule has 0 saturated carbocycles. The van der Waals surface area contributed by atoms with Crippen LogP contribution < -0.4 is 0 Å². The molecular weight excluding hydrogens is 304 g/mol. The highest BCUT2D eigenvalue weighted by Crippen LogP contribution is 2.33. The first-order chi connectivity index (χ1) is 10.6. The number of aromatic nitrogens is 4.